The van der Waals surface area contributed by atoms with Crippen LogP contribution >= 0.6 is 0 Å². The molecule has 3 fully saturated rings. The van der Waals surface area contributed by atoms with Gasteiger partial charge in [-0.05, 0) is 27.2 Å². The number of carbonyl (C=O) groups excluding carboxylic acids is 2. The standard InChI is InChI=1S/C13H22N2O3/c1-13(2,3)18-12(17)15-10-7-11(15)9-14(8-10)5-4-6-16/h6,10-11H,4-5,7-9H2,1-3H3. The van der Waals surface area contributed by atoms with Crippen molar-refractivity contribution in [3.63, 3.8) is 0 Å². The first-order valence-corrected chi connectivity index (χ1v) is 6.58. The number of amides is 1. The molecule has 0 aromatic carbocycles. The minimum atomic E-state index is -0.432. The third-order valence-electron chi connectivity index (χ3n) is 3.44. The number of rotatable bonds is 3. The van der Waals surface area contributed by atoms with Crippen molar-refractivity contribution >= 4 is 12.4 Å². The van der Waals surface area contributed by atoms with E-state index in [1.807, 2.05) is 25.7 Å². The monoisotopic (exact) mass is 254 g/mol. The Bertz CT molecular complexity index is 326. The van der Waals surface area contributed by atoms with Gasteiger partial charge in [-0.2, -0.15) is 0 Å². The molecule has 18 heavy (non-hydrogen) atoms. The largest absolute Gasteiger partial charge is 0.444 e. The number of aldehydes is 1. The van der Waals surface area contributed by atoms with E-state index in [2.05, 4.69) is 4.90 Å². The number of piperidine rings is 1. The van der Waals surface area contributed by atoms with Crippen molar-refractivity contribution in [1.82, 2.24) is 9.80 Å². The first-order chi connectivity index (χ1) is 8.40. The van der Waals surface area contributed by atoms with E-state index in [4.69, 9.17) is 4.74 Å². The molecule has 3 aliphatic heterocycles. The third kappa shape index (κ3) is 2.83. The van der Waals surface area contributed by atoms with E-state index in [1.165, 1.54) is 0 Å². The molecule has 0 aromatic rings. The predicted molar refractivity (Wildman–Crippen MR) is 67.4 cm³/mol. The van der Waals surface area contributed by atoms with Crippen molar-refractivity contribution in [2.75, 3.05) is 19.6 Å². The highest BCUT2D eigenvalue weighted by atomic mass is 16.6. The van der Waals surface area contributed by atoms with Gasteiger partial charge >= 0.3 is 6.09 Å². The summed E-state index contributed by atoms with van der Waals surface area (Å²) in [5.41, 5.74) is -0.432. The summed E-state index contributed by atoms with van der Waals surface area (Å²) in [4.78, 5) is 26.5. The number of hydrogen-bond acceptors (Lipinski definition) is 4. The van der Waals surface area contributed by atoms with Crippen molar-refractivity contribution in [2.45, 2.75) is 51.3 Å². The normalized spacial score (nSPS) is 27.6. The number of carbonyl (C=O) groups is 2. The maximum atomic E-state index is 12.0. The van der Waals surface area contributed by atoms with Crippen LogP contribution in [0.25, 0.3) is 0 Å². The topological polar surface area (TPSA) is 49.9 Å². The Hall–Kier alpha value is -1.10. The van der Waals surface area contributed by atoms with E-state index in [0.29, 0.717) is 6.42 Å². The average Bonchev–Trinajstić information content (AvgIpc) is 2.23. The van der Waals surface area contributed by atoms with Crippen LogP contribution in [-0.4, -0.2) is 59.5 Å². The molecule has 0 aliphatic carbocycles. The van der Waals surface area contributed by atoms with Crippen LogP contribution in [0.4, 0.5) is 4.79 Å². The molecular formula is C13H22N2O3. The minimum absolute atomic E-state index is 0.196. The number of ether oxygens (including phenoxy) is 1. The molecule has 0 spiro atoms. The summed E-state index contributed by atoms with van der Waals surface area (Å²) < 4.78 is 5.41. The highest BCUT2D eigenvalue weighted by molar-refractivity contribution is 5.70. The Morgan fingerprint density at radius 2 is 1.94 bits per heavy atom. The molecule has 3 saturated heterocycles. The summed E-state index contributed by atoms with van der Waals surface area (Å²) in [6, 6.07) is 0.538. The Labute approximate surface area is 108 Å². The summed E-state index contributed by atoms with van der Waals surface area (Å²) in [5, 5.41) is 0. The second kappa shape index (κ2) is 4.88. The average molecular weight is 254 g/mol. The summed E-state index contributed by atoms with van der Waals surface area (Å²) in [5.74, 6) is 0. The summed E-state index contributed by atoms with van der Waals surface area (Å²) >= 11 is 0. The van der Waals surface area contributed by atoms with E-state index in [1.54, 1.807) is 0 Å². The number of piperazine rings is 1. The lowest BCUT2D eigenvalue weighted by atomic mass is 9.88. The van der Waals surface area contributed by atoms with Crippen molar-refractivity contribution < 1.29 is 14.3 Å². The summed E-state index contributed by atoms with van der Waals surface area (Å²) in [6.45, 7) is 8.19. The molecule has 3 rings (SSSR count). The van der Waals surface area contributed by atoms with Gasteiger partial charge in [-0.25, -0.2) is 4.79 Å². The molecule has 2 atom stereocenters. The Balaban J connectivity index is 1.85. The summed E-state index contributed by atoms with van der Waals surface area (Å²) in [6.07, 6.45) is 2.40. The minimum Gasteiger partial charge on any atom is -0.444 e. The van der Waals surface area contributed by atoms with Gasteiger partial charge in [0.2, 0.25) is 0 Å². The van der Waals surface area contributed by atoms with Crippen molar-refractivity contribution in [1.29, 1.82) is 0 Å². The molecule has 2 bridgehead atoms. The summed E-state index contributed by atoms with van der Waals surface area (Å²) in [7, 11) is 0. The maximum absolute atomic E-state index is 12.0. The first kappa shape index (κ1) is 13.3. The Morgan fingerprint density at radius 3 is 2.44 bits per heavy atom. The highest BCUT2D eigenvalue weighted by Gasteiger charge is 2.48. The lowest BCUT2D eigenvalue weighted by Gasteiger charge is -2.55. The second-order valence-corrected chi connectivity index (χ2v) is 6.15. The van der Waals surface area contributed by atoms with Gasteiger partial charge in [0.25, 0.3) is 0 Å². The van der Waals surface area contributed by atoms with E-state index < -0.39 is 5.60 Å². The lowest BCUT2D eigenvalue weighted by molar-refractivity contribution is -0.109. The van der Waals surface area contributed by atoms with Crippen LogP contribution in [0.15, 0.2) is 0 Å². The zero-order valence-corrected chi connectivity index (χ0v) is 11.4. The zero-order valence-electron chi connectivity index (χ0n) is 11.4. The van der Waals surface area contributed by atoms with E-state index in [9.17, 15) is 9.59 Å². The predicted octanol–water partition coefficient (Wildman–Crippen LogP) is 1.27. The lowest BCUT2D eigenvalue weighted by Crippen LogP contribution is -2.70. The van der Waals surface area contributed by atoms with Gasteiger partial charge in [0.1, 0.15) is 11.9 Å². The van der Waals surface area contributed by atoms with Crippen LogP contribution < -0.4 is 0 Å². The van der Waals surface area contributed by atoms with Crippen LogP contribution in [-0.2, 0) is 9.53 Å². The van der Waals surface area contributed by atoms with Crippen molar-refractivity contribution in [3.05, 3.63) is 0 Å². The van der Waals surface area contributed by atoms with Gasteiger partial charge in [0.15, 0.2) is 0 Å². The van der Waals surface area contributed by atoms with Gasteiger partial charge in [-0.15, -0.1) is 0 Å². The highest BCUT2D eigenvalue weighted by Crippen LogP contribution is 2.33. The van der Waals surface area contributed by atoms with Crippen LogP contribution in [0, 0.1) is 0 Å². The number of fused-ring (bicyclic) bond motifs is 2. The molecule has 1 amide bonds. The molecule has 3 aliphatic rings. The smallest absolute Gasteiger partial charge is 0.410 e. The Kier molecular flexibility index (Phi) is 3.61. The molecule has 2 unspecified atom stereocenters. The zero-order chi connectivity index (χ0) is 13.3. The molecular weight excluding hydrogens is 232 g/mol. The molecule has 0 radical (unpaired) electrons. The fourth-order valence-electron chi connectivity index (χ4n) is 2.73. The third-order valence-corrected chi connectivity index (χ3v) is 3.44. The molecule has 0 N–H and O–H groups in total. The van der Waals surface area contributed by atoms with E-state index >= 15 is 0 Å². The van der Waals surface area contributed by atoms with Crippen molar-refractivity contribution in [2.24, 2.45) is 0 Å². The maximum Gasteiger partial charge on any atom is 0.410 e. The molecule has 0 saturated carbocycles. The van der Waals surface area contributed by atoms with Crippen LogP contribution in [0.1, 0.15) is 33.6 Å². The SMILES string of the molecule is CC(C)(C)OC(=O)N1C2CC1CN(CCC=O)C2. The van der Waals surface area contributed by atoms with Gasteiger partial charge in [-0.3, -0.25) is 9.80 Å². The Morgan fingerprint density at radius 1 is 1.33 bits per heavy atom. The van der Waals surface area contributed by atoms with Gasteiger partial charge in [0.05, 0.1) is 12.1 Å². The molecule has 5 heteroatoms. The van der Waals surface area contributed by atoms with Crippen LogP contribution in [0.5, 0.6) is 0 Å². The van der Waals surface area contributed by atoms with Crippen LogP contribution in [0.3, 0.4) is 0 Å². The van der Waals surface area contributed by atoms with Gasteiger partial charge in [0, 0.05) is 26.1 Å². The van der Waals surface area contributed by atoms with Crippen molar-refractivity contribution in [3.8, 4) is 0 Å². The first-order valence-electron chi connectivity index (χ1n) is 6.58. The molecule has 5 nitrogen and oxygen atoms in total. The fourth-order valence-corrected chi connectivity index (χ4v) is 2.73. The second-order valence-electron chi connectivity index (χ2n) is 6.15. The quantitative estimate of drug-likeness (QED) is 0.712. The number of hydrogen-bond donors (Lipinski definition) is 0. The molecule has 0 aromatic heterocycles. The van der Waals surface area contributed by atoms with Crippen LogP contribution in [0.2, 0.25) is 0 Å². The molecule has 3 heterocycles. The van der Waals surface area contributed by atoms with E-state index in [0.717, 1.165) is 32.3 Å². The van der Waals surface area contributed by atoms with Gasteiger partial charge < -0.3 is 9.53 Å². The van der Waals surface area contributed by atoms with Gasteiger partial charge in [-0.1, -0.05) is 0 Å². The molecule has 102 valence electrons. The van der Waals surface area contributed by atoms with E-state index in [-0.39, 0.29) is 18.2 Å². The number of nitrogens with zero attached hydrogens (tertiary/aromatic N) is 2. The fraction of sp³-hybridized carbons (Fsp3) is 0.846.